The van der Waals surface area contributed by atoms with Crippen molar-refractivity contribution in [3.05, 3.63) is 35.7 Å². The van der Waals surface area contributed by atoms with Gasteiger partial charge in [-0.3, -0.25) is 9.78 Å². The van der Waals surface area contributed by atoms with Crippen LogP contribution >= 0.6 is 0 Å². The van der Waals surface area contributed by atoms with Gasteiger partial charge < -0.3 is 16.2 Å². The summed E-state index contributed by atoms with van der Waals surface area (Å²) in [6.07, 6.45) is 1.63. The Kier molecular flexibility index (Phi) is 3.43. The highest BCUT2D eigenvalue weighted by atomic mass is 16.3. The Morgan fingerprint density at radius 1 is 1.50 bits per heavy atom. The molecule has 0 unspecified atom stereocenters. The lowest BCUT2D eigenvalue weighted by atomic mass is 10.0. The summed E-state index contributed by atoms with van der Waals surface area (Å²) < 4.78 is 0. The van der Waals surface area contributed by atoms with E-state index in [1.54, 1.807) is 18.3 Å². The van der Waals surface area contributed by atoms with E-state index in [1.165, 1.54) is 0 Å². The number of pyridine rings is 1. The van der Waals surface area contributed by atoms with Crippen molar-refractivity contribution >= 4 is 22.4 Å². The third kappa shape index (κ3) is 2.12. The Bertz CT molecular complexity index is 588. The molecule has 2 aromatic rings. The number of carbonyl (C=O) groups is 1. The fraction of sp³-hybridized carbons (Fsp3) is 0.231. The number of hydrogen-bond donors (Lipinski definition) is 3. The number of anilines is 1. The van der Waals surface area contributed by atoms with E-state index in [0.717, 1.165) is 16.3 Å². The van der Waals surface area contributed by atoms with Gasteiger partial charge in [0.2, 0.25) is 0 Å². The summed E-state index contributed by atoms with van der Waals surface area (Å²) in [4.78, 5) is 16.1. The molecular formula is C13H15N3O2. The fourth-order valence-corrected chi connectivity index (χ4v) is 1.94. The minimum absolute atomic E-state index is 0.0995. The Labute approximate surface area is 105 Å². The summed E-state index contributed by atoms with van der Waals surface area (Å²) in [6, 6.07) is 5.41. The Balaban J connectivity index is 2.56. The number of aryl methyl sites for hydroxylation is 1. The Morgan fingerprint density at radius 2 is 2.28 bits per heavy atom. The van der Waals surface area contributed by atoms with Crippen molar-refractivity contribution in [2.24, 2.45) is 0 Å². The van der Waals surface area contributed by atoms with Gasteiger partial charge in [0.15, 0.2) is 0 Å². The van der Waals surface area contributed by atoms with Crippen molar-refractivity contribution in [2.75, 3.05) is 18.9 Å². The maximum Gasteiger partial charge on any atom is 0.270 e. The van der Waals surface area contributed by atoms with Gasteiger partial charge in [-0.15, -0.1) is 0 Å². The molecule has 0 spiro atoms. The molecule has 4 N–H and O–H groups in total. The number of rotatable bonds is 3. The highest BCUT2D eigenvalue weighted by Gasteiger charge is 2.13. The lowest BCUT2D eigenvalue weighted by Gasteiger charge is -2.10. The molecule has 0 aliphatic rings. The lowest BCUT2D eigenvalue weighted by molar-refractivity contribution is 0.0941. The van der Waals surface area contributed by atoms with Crippen molar-refractivity contribution in [2.45, 2.75) is 6.92 Å². The molecule has 0 atom stereocenters. The van der Waals surface area contributed by atoms with Gasteiger partial charge in [-0.2, -0.15) is 0 Å². The third-order valence-corrected chi connectivity index (χ3v) is 2.75. The molecule has 0 saturated heterocycles. The third-order valence-electron chi connectivity index (χ3n) is 2.75. The van der Waals surface area contributed by atoms with Crippen LogP contribution in [0.15, 0.2) is 24.4 Å². The van der Waals surface area contributed by atoms with Gasteiger partial charge in [0.05, 0.1) is 6.61 Å². The predicted molar refractivity (Wildman–Crippen MR) is 70.3 cm³/mol. The van der Waals surface area contributed by atoms with Crippen LogP contribution in [0.5, 0.6) is 0 Å². The molecule has 0 aliphatic carbocycles. The smallest absolute Gasteiger partial charge is 0.270 e. The standard InChI is InChI=1S/C13H15N3O2/c1-8-7-16-12(13(18)15-5-6-17)9-3-2-4-10(14)11(8)9/h2-4,7,17H,5-6,14H2,1H3,(H,15,18). The van der Waals surface area contributed by atoms with Gasteiger partial charge >= 0.3 is 0 Å². The average Bonchev–Trinajstić information content (AvgIpc) is 2.36. The first-order valence-corrected chi connectivity index (χ1v) is 5.68. The van der Waals surface area contributed by atoms with Gasteiger partial charge in [-0.1, -0.05) is 12.1 Å². The van der Waals surface area contributed by atoms with Gasteiger partial charge in [0.1, 0.15) is 5.69 Å². The average molecular weight is 245 g/mol. The van der Waals surface area contributed by atoms with E-state index in [2.05, 4.69) is 10.3 Å². The van der Waals surface area contributed by atoms with Gasteiger partial charge in [0.25, 0.3) is 5.91 Å². The zero-order valence-electron chi connectivity index (χ0n) is 10.1. The van der Waals surface area contributed by atoms with Gasteiger partial charge in [0, 0.05) is 29.2 Å². The normalized spacial score (nSPS) is 10.6. The summed E-state index contributed by atoms with van der Waals surface area (Å²) in [5, 5.41) is 12.9. The van der Waals surface area contributed by atoms with E-state index in [4.69, 9.17) is 10.8 Å². The van der Waals surface area contributed by atoms with Crippen LogP contribution < -0.4 is 11.1 Å². The molecule has 2 rings (SSSR count). The molecule has 5 nitrogen and oxygen atoms in total. The second-order valence-corrected chi connectivity index (χ2v) is 4.04. The van der Waals surface area contributed by atoms with E-state index >= 15 is 0 Å². The molecule has 5 heteroatoms. The van der Waals surface area contributed by atoms with Crippen molar-refractivity contribution < 1.29 is 9.90 Å². The quantitative estimate of drug-likeness (QED) is 0.699. The number of benzene rings is 1. The lowest BCUT2D eigenvalue weighted by Crippen LogP contribution is -2.27. The van der Waals surface area contributed by atoms with E-state index in [-0.39, 0.29) is 19.1 Å². The Morgan fingerprint density at radius 3 is 3.00 bits per heavy atom. The minimum atomic E-state index is -0.306. The molecule has 0 radical (unpaired) electrons. The zero-order valence-corrected chi connectivity index (χ0v) is 10.1. The van der Waals surface area contributed by atoms with E-state index in [9.17, 15) is 4.79 Å². The number of nitrogens with zero attached hydrogens (tertiary/aromatic N) is 1. The molecule has 94 valence electrons. The summed E-state index contributed by atoms with van der Waals surface area (Å²) in [6.45, 7) is 2.01. The van der Waals surface area contributed by atoms with Crippen LogP contribution in [0.4, 0.5) is 5.69 Å². The number of aliphatic hydroxyl groups is 1. The number of nitrogens with one attached hydrogen (secondary N) is 1. The van der Waals surface area contributed by atoms with Gasteiger partial charge in [-0.05, 0) is 18.6 Å². The van der Waals surface area contributed by atoms with E-state index in [1.807, 2.05) is 13.0 Å². The number of amides is 1. The number of nitrogen functional groups attached to an aromatic ring is 1. The molecule has 0 saturated carbocycles. The van der Waals surface area contributed by atoms with Crippen molar-refractivity contribution in [3.63, 3.8) is 0 Å². The number of aliphatic hydroxyl groups excluding tert-OH is 1. The molecule has 1 heterocycles. The molecule has 1 aromatic carbocycles. The highest BCUT2D eigenvalue weighted by Crippen LogP contribution is 2.25. The number of fused-ring (bicyclic) bond motifs is 1. The first kappa shape index (κ1) is 12.3. The topological polar surface area (TPSA) is 88.2 Å². The molecule has 0 aliphatic heterocycles. The second-order valence-electron chi connectivity index (χ2n) is 4.04. The maximum atomic E-state index is 11.9. The minimum Gasteiger partial charge on any atom is -0.398 e. The molecule has 1 aromatic heterocycles. The summed E-state index contributed by atoms with van der Waals surface area (Å²) in [5.74, 6) is -0.306. The first-order chi connectivity index (χ1) is 8.65. The van der Waals surface area contributed by atoms with Crippen LogP contribution in [0.3, 0.4) is 0 Å². The van der Waals surface area contributed by atoms with Crippen LogP contribution in [0.25, 0.3) is 10.8 Å². The number of carbonyl (C=O) groups excluding carboxylic acids is 1. The zero-order chi connectivity index (χ0) is 13.1. The van der Waals surface area contributed by atoms with Crippen LogP contribution in [-0.2, 0) is 0 Å². The summed E-state index contributed by atoms with van der Waals surface area (Å²) >= 11 is 0. The summed E-state index contributed by atoms with van der Waals surface area (Å²) in [5.41, 5.74) is 7.82. The SMILES string of the molecule is Cc1cnc(C(=O)NCCO)c2cccc(N)c12. The number of hydrogen-bond acceptors (Lipinski definition) is 4. The Hall–Kier alpha value is -2.14. The first-order valence-electron chi connectivity index (χ1n) is 5.68. The van der Waals surface area contributed by atoms with Crippen LogP contribution in [0, 0.1) is 6.92 Å². The van der Waals surface area contributed by atoms with Crippen molar-refractivity contribution in [1.82, 2.24) is 10.3 Å². The largest absolute Gasteiger partial charge is 0.398 e. The maximum absolute atomic E-state index is 11.9. The second kappa shape index (κ2) is 5.01. The fourth-order valence-electron chi connectivity index (χ4n) is 1.94. The highest BCUT2D eigenvalue weighted by molar-refractivity contribution is 6.08. The molecule has 0 bridgehead atoms. The predicted octanol–water partition coefficient (Wildman–Crippen LogP) is 0.848. The van der Waals surface area contributed by atoms with Crippen LogP contribution in [-0.4, -0.2) is 29.1 Å². The number of nitrogens with two attached hydrogens (primary N) is 1. The monoisotopic (exact) mass is 245 g/mol. The molecule has 1 amide bonds. The summed E-state index contributed by atoms with van der Waals surface area (Å²) in [7, 11) is 0. The molecule has 0 fully saturated rings. The van der Waals surface area contributed by atoms with Crippen molar-refractivity contribution in [1.29, 1.82) is 0 Å². The van der Waals surface area contributed by atoms with Crippen LogP contribution in [0.1, 0.15) is 16.1 Å². The number of aromatic nitrogens is 1. The van der Waals surface area contributed by atoms with Crippen LogP contribution in [0.2, 0.25) is 0 Å². The van der Waals surface area contributed by atoms with Crippen molar-refractivity contribution in [3.8, 4) is 0 Å². The molecule has 18 heavy (non-hydrogen) atoms. The van der Waals surface area contributed by atoms with E-state index < -0.39 is 0 Å². The molecular weight excluding hydrogens is 230 g/mol. The van der Waals surface area contributed by atoms with E-state index in [0.29, 0.717) is 11.4 Å². The van der Waals surface area contributed by atoms with Gasteiger partial charge in [-0.25, -0.2) is 0 Å².